The Morgan fingerprint density at radius 3 is 2.81 bits per heavy atom. The van der Waals surface area contributed by atoms with Gasteiger partial charge in [-0.3, -0.25) is 4.99 Å². The number of nitrogens with zero attached hydrogens (tertiary/aromatic N) is 1. The van der Waals surface area contributed by atoms with Crippen LogP contribution >= 0.6 is 0 Å². The largest absolute Gasteiger partial charge is 0.293 e. The van der Waals surface area contributed by atoms with Crippen molar-refractivity contribution < 1.29 is 0 Å². The van der Waals surface area contributed by atoms with Gasteiger partial charge in [-0.05, 0) is 42.5 Å². The number of benzene rings is 1. The number of hydrogen-bond donors (Lipinski definition) is 0. The summed E-state index contributed by atoms with van der Waals surface area (Å²) in [5, 5.41) is 0. The van der Waals surface area contributed by atoms with E-state index in [-0.39, 0.29) is 0 Å². The van der Waals surface area contributed by atoms with Crippen LogP contribution in [0.5, 0.6) is 0 Å². The third kappa shape index (κ3) is 2.30. The summed E-state index contributed by atoms with van der Waals surface area (Å²) in [6.07, 6.45) is 9.07. The van der Waals surface area contributed by atoms with E-state index in [9.17, 15) is 0 Å². The van der Waals surface area contributed by atoms with Crippen molar-refractivity contribution in [3.8, 4) is 0 Å². The fourth-order valence-electron chi connectivity index (χ4n) is 1.88. The van der Waals surface area contributed by atoms with Crippen LogP contribution in [0.3, 0.4) is 0 Å². The Morgan fingerprint density at radius 2 is 2.12 bits per heavy atom. The highest BCUT2D eigenvalue weighted by molar-refractivity contribution is 5.99. The minimum atomic E-state index is 1.09. The summed E-state index contributed by atoms with van der Waals surface area (Å²) >= 11 is 0. The molecule has 1 heteroatoms. The summed E-state index contributed by atoms with van der Waals surface area (Å²) < 4.78 is 0. The molecular weight excluding hydrogens is 194 g/mol. The number of aliphatic imine (C=N–C) groups is 1. The van der Waals surface area contributed by atoms with Crippen LogP contribution in [0, 0.1) is 0 Å². The molecule has 82 valence electrons. The highest BCUT2D eigenvalue weighted by Gasteiger charge is 2.03. The molecular formula is C15H17N. The molecule has 0 unspecified atom stereocenters. The average molecular weight is 211 g/mol. The van der Waals surface area contributed by atoms with Gasteiger partial charge >= 0.3 is 0 Å². The normalized spacial score (nSPS) is 16.1. The van der Waals surface area contributed by atoms with Gasteiger partial charge in [-0.15, -0.1) is 0 Å². The van der Waals surface area contributed by atoms with Gasteiger partial charge in [0.2, 0.25) is 0 Å². The predicted molar refractivity (Wildman–Crippen MR) is 70.9 cm³/mol. The molecule has 0 bridgehead atoms. The molecule has 1 aromatic carbocycles. The van der Waals surface area contributed by atoms with E-state index in [4.69, 9.17) is 0 Å². The second-order valence-electron chi connectivity index (χ2n) is 4.03. The van der Waals surface area contributed by atoms with Gasteiger partial charge in [0.15, 0.2) is 0 Å². The summed E-state index contributed by atoms with van der Waals surface area (Å²) in [4.78, 5) is 4.22. The minimum Gasteiger partial charge on any atom is -0.293 e. The van der Waals surface area contributed by atoms with Crippen LogP contribution in [-0.4, -0.2) is 12.8 Å². The van der Waals surface area contributed by atoms with Crippen molar-refractivity contribution in [1.29, 1.82) is 0 Å². The van der Waals surface area contributed by atoms with Crippen LogP contribution in [0.1, 0.15) is 30.9 Å². The summed E-state index contributed by atoms with van der Waals surface area (Å²) in [6.45, 7) is 2.05. The zero-order valence-electron chi connectivity index (χ0n) is 9.90. The first kappa shape index (κ1) is 10.9. The van der Waals surface area contributed by atoms with Crippen molar-refractivity contribution in [1.82, 2.24) is 0 Å². The molecule has 1 nitrogen and oxygen atoms in total. The highest BCUT2D eigenvalue weighted by Crippen LogP contribution is 2.22. The van der Waals surface area contributed by atoms with Crippen molar-refractivity contribution in [2.24, 2.45) is 4.99 Å². The molecule has 0 radical (unpaired) electrons. The van der Waals surface area contributed by atoms with Gasteiger partial charge in [-0.25, -0.2) is 0 Å². The summed E-state index contributed by atoms with van der Waals surface area (Å²) in [5.41, 5.74) is 4.91. The molecule has 1 aliphatic carbocycles. The second kappa shape index (κ2) is 4.93. The molecule has 0 saturated carbocycles. The van der Waals surface area contributed by atoms with E-state index in [0.717, 1.165) is 12.1 Å². The first-order valence-electron chi connectivity index (χ1n) is 5.72. The van der Waals surface area contributed by atoms with Gasteiger partial charge in [0.25, 0.3) is 0 Å². The zero-order valence-corrected chi connectivity index (χ0v) is 9.90. The Morgan fingerprint density at radius 1 is 1.25 bits per heavy atom. The fourth-order valence-corrected chi connectivity index (χ4v) is 1.88. The van der Waals surface area contributed by atoms with E-state index in [1.54, 1.807) is 0 Å². The Labute approximate surface area is 97.2 Å². The van der Waals surface area contributed by atoms with Crippen LogP contribution in [0.15, 0.2) is 47.5 Å². The molecule has 1 aromatic rings. The second-order valence-corrected chi connectivity index (χ2v) is 4.03. The monoisotopic (exact) mass is 211 g/mol. The van der Waals surface area contributed by atoms with Crippen LogP contribution in [-0.2, 0) is 0 Å². The van der Waals surface area contributed by atoms with E-state index < -0.39 is 0 Å². The molecule has 0 atom stereocenters. The lowest BCUT2D eigenvalue weighted by Gasteiger charge is -2.09. The Kier molecular flexibility index (Phi) is 3.35. The third-order valence-electron chi connectivity index (χ3n) is 2.94. The molecule has 0 saturated heterocycles. The standard InChI is InChI=1S/C15H17N/c1-12(16-2)14-9-6-10-15(11-14)13-7-4-3-5-8-13/h4,6-11H,3,5H2,1-2H3. The first-order valence-corrected chi connectivity index (χ1v) is 5.72. The van der Waals surface area contributed by atoms with Gasteiger partial charge in [-0.2, -0.15) is 0 Å². The number of hydrogen-bond acceptors (Lipinski definition) is 1. The SMILES string of the molecule is CN=C(C)c1cccc(C2=CCCC=C2)c1. The van der Waals surface area contributed by atoms with Gasteiger partial charge in [0, 0.05) is 12.8 Å². The quantitative estimate of drug-likeness (QED) is 0.659. The highest BCUT2D eigenvalue weighted by atomic mass is 14.7. The van der Waals surface area contributed by atoms with Crippen molar-refractivity contribution >= 4 is 11.3 Å². The lowest BCUT2D eigenvalue weighted by Crippen LogP contribution is -1.95. The maximum Gasteiger partial charge on any atom is 0.0386 e. The van der Waals surface area contributed by atoms with Crippen molar-refractivity contribution in [2.45, 2.75) is 19.8 Å². The lowest BCUT2D eigenvalue weighted by atomic mass is 9.97. The van der Waals surface area contributed by atoms with Gasteiger partial charge in [0.1, 0.15) is 0 Å². The molecule has 1 aliphatic rings. The minimum absolute atomic E-state index is 1.09. The summed E-state index contributed by atoms with van der Waals surface area (Å²) in [6, 6.07) is 8.58. The van der Waals surface area contributed by atoms with Gasteiger partial charge < -0.3 is 0 Å². The molecule has 2 rings (SSSR count). The fraction of sp³-hybridized carbons (Fsp3) is 0.267. The predicted octanol–water partition coefficient (Wildman–Crippen LogP) is 3.86. The molecule has 0 aromatic heterocycles. The maximum absolute atomic E-state index is 4.22. The van der Waals surface area contributed by atoms with Crippen molar-refractivity contribution in [2.75, 3.05) is 7.05 Å². The van der Waals surface area contributed by atoms with Crippen molar-refractivity contribution in [3.63, 3.8) is 0 Å². The number of rotatable bonds is 2. The number of allylic oxidation sites excluding steroid dienone is 4. The molecule has 0 spiro atoms. The molecule has 16 heavy (non-hydrogen) atoms. The summed E-state index contributed by atoms with van der Waals surface area (Å²) in [7, 11) is 1.84. The van der Waals surface area contributed by atoms with Crippen LogP contribution in [0.25, 0.3) is 5.57 Å². The van der Waals surface area contributed by atoms with Crippen molar-refractivity contribution in [3.05, 3.63) is 53.6 Å². The van der Waals surface area contributed by atoms with Crippen LogP contribution in [0.4, 0.5) is 0 Å². The molecule has 0 N–H and O–H groups in total. The molecule has 0 amide bonds. The molecule has 0 aliphatic heterocycles. The molecule has 0 fully saturated rings. The van der Waals surface area contributed by atoms with E-state index in [1.807, 2.05) is 14.0 Å². The lowest BCUT2D eigenvalue weighted by molar-refractivity contribution is 1.04. The van der Waals surface area contributed by atoms with Gasteiger partial charge in [-0.1, -0.05) is 36.4 Å². The smallest absolute Gasteiger partial charge is 0.0386 e. The van der Waals surface area contributed by atoms with Crippen LogP contribution in [0.2, 0.25) is 0 Å². The van der Waals surface area contributed by atoms with Crippen LogP contribution < -0.4 is 0 Å². The van der Waals surface area contributed by atoms with E-state index in [1.165, 1.54) is 23.1 Å². The topological polar surface area (TPSA) is 12.4 Å². The first-order chi connectivity index (χ1) is 7.81. The van der Waals surface area contributed by atoms with E-state index >= 15 is 0 Å². The Hall–Kier alpha value is -1.63. The Bertz CT molecular complexity index is 464. The summed E-state index contributed by atoms with van der Waals surface area (Å²) in [5.74, 6) is 0. The zero-order chi connectivity index (χ0) is 11.4. The molecule has 0 heterocycles. The van der Waals surface area contributed by atoms with E-state index in [2.05, 4.69) is 47.5 Å². The third-order valence-corrected chi connectivity index (χ3v) is 2.94. The van der Waals surface area contributed by atoms with E-state index in [0.29, 0.717) is 0 Å². The Balaban J connectivity index is 2.36. The van der Waals surface area contributed by atoms with Gasteiger partial charge in [0.05, 0.1) is 0 Å². The average Bonchev–Trinajstić information content (AvgIpc) is 2.39. The maximum atomic E-state index is 4.22.